The molecule has 0 aliphatic heterocycles. The van der Waals surface area contributed by atoms with Crippen molar-refractivity contribution < 1.29 is 0 Å². The van der Waals surface area contributed by atoms with Crippen LogP contribution in [0.25, 0.3) is 0 Å². The summed E-state index contributed by atoms with van der Waals surface area (Å²) in [6, 6.07) is 0. The molecule has 0 saturated carbocycles. The fraction of sp³-hybridized carbons (Fsp3) is 1.00. The summed E-state index contributed by atoms with van der Waals surface area (Å²) in [4.78, 5) is 0. The second-order valence-corrected chi connectivity index (χ2v) is 3.78. The molecule has 1 unspecified atom stereocenters. The number of rotatable bonds is 7. The van der Waals surface area contributed by atoms with Crippen LogP contribution in [0.2, 0.25) is 0 Å². The van der Waals surface area contributed by atoms with E-state index in [9.17, 15) is 0 Å². The summed E-state index contributed by atoms with van der Waals surface area (Å²) >= 11 is 0. The van der Waals surface area contributed by atoms with Gasteiger partial charge in [-0.15, -0.1) is 0 Å². The quantitative estimate of drug-likeness (QED) is 0.568. The largest absolute Gasteiger partial charge is 0.316 e. The van der Waals surface area contributed by atoms with Gasteiger partial charge in [-0.25, -0.2) is 0 Å². The van der Waals surface area contributed by atoms with Gasteiger partial charge in [-0.1, -0.05) is 27.7 Å². The first-order valence-electron chi connectivity index (χ1n) is 5.09. The number of hydrogen-bond donors (Lipinski definition) is 2. The second kappa shape index (κ2) is 7.56. The van der Waals surface area contributed by atoms with Gasteiger partial charge >= 0.3 is 0 Å². The Morgan fingerprint density at radius 3 is 2.08 bits per heavy atom. The van der Waals surface area contributed by atoms with E-state index in [-0.39, 0.29) is 0 Å². The summed E-state index contributed by atoms with van der Waals surface area (Å²) in [7, 11) is 0. The van der Waals surface area contributed by atoms with E-state index in [2.05, 4.69) is 38.3 Å². The van der Waals surface area contributed by atoms with Crippen molar-refractivity contribution in [1.82, 2.24) is 10.6 Å². The minimum atomic E-state index is 0.784. The Bertz CT molecular complexity index is 91.8. The maximum atomic E-state index is 3.44. The van der Waals surface area contributed by atoms with Crippen LogP contribution in [0.1, 0.15) is 27.7 Å². The van der Waals surface area contributed by atoms with Gasteiger partial charge in [0.1, 0.15) is 0 Å². The standard InChI is InChI=1S/C10H24N2/c1-5-11-6-7-12-8-10(4)9(2)3/h9-12H,5-8H2,1-4H3. The van der Waals surface area contributed by atoms with Crippen molar-refractivity contribution in [2.24, 2.45) is 11.8 Å². The molecule has 0 aliphatic carbocycles. The van der Waals surface area contributed by atoms with Crippen molar-refractivity contribution in [3.8, 4) is 0 Å². The van der Waals surface area contributed by atoms with Crippen LogP contribution in [-0.2, 0) is 0 Å². The Labute approximate surface area is 77.1 Å². The van der Waals surface area contributed by atoms with Crippen LogP contribution in [0.3, 0.4) is 0 Å². The van der Waals surface area contributed by atoms with Crippen molar-refractivity contribution in [1.29, 1.82) is 0 Å². The first-order chi connectivity index (χ1) is 5.68. The summed E-state index contributed by atoms with van der Waals surface area (Å²) < 4.78 is 0. The molecular weight excluding hydrogens is 148 g/mol. The Kier molecular flexibility index (Phi) is 7.51. The van der Waals surface area contributed by atoms with E-state index in [0.717, 1.165) is 38.0 Å². The average molecular weight is 172 g/mol. The molecule has 0 saturated heterocycles. The van der Waals surface area contributed by atoms with Gasteiger partial charge in [-0.2, -0.15) is 0 Å². The highest BCUT2D eigenvalue weighted by molar-refractivity contribution is 4.60. The van der Waals surface area contributed by atoms with Crippen molar-refractivity contribution >= 4 is 0 Å². The summed E-state index contributed by atoms with van der Waals surface area (Å²) in [5, 5.41) is 6.73. The molecule has 0 radical (unpaired) electrons. The Morgan fingerprint density at radius 2 is 1.58 bits per heavy atom. The fourth-order valence-corrected chi connectivity index (χ4v) is 0.919. The molecule has 0 amide bonds. The predicted octanol–water partition coefficient (Wildman–Crippen LogP) is 1.48. The lowest BCUT2D eigenvalue weighted by molar-refractivity contribution is 0.393. The zero-order valence-electron chi connectivity index (χ0n) is 8.98. The number of likely N-dealkylation sites (N-methyl/N-ethyl adjacent to an activating group) is 1. The van der Waals surface area contributed by atoms with Crippen LogP contribution in [0.4, 0.5) is 0 Å². The van der Waals surface area contributed by atoms with E-state index in [1.165, 1.54) is 0 Å². The highest BCUT2D eigenvalue weighted by atomic mass is 14.9. The first-order valence-corrected chi connectivity index (χ1v) is 5.09. The van der Waals surface area contributed by atoms with Gasteiger partial charge in [0.25, 0.3) is 0 Å². The van der Waals surface area contributed by atoms with Gasteiger partial charge in [0.2, 0.25) is 0 Å². The molecule has 0 fully saturated rings. The van der Waals surface area contributed by atoms with Crippen molar-refractivity contribution in [3.05, 3.63) is 0 Å². The molecule has 2 nitrogen and oxygen atoms in total. The molecule has 12 heavy (non-hydrogen) atoms. The minimum Gasteiger partial charge on any atom is -0.316 e. The monoisotopic (exact) mass is 172 g/mol. The van der Waals surface area contributed by atoms with Gasteiger partial charge in [0, 0.05) is 13.1 Å². The Balaban J connectivity index is 3.08. The predicted molar refractivity (Wildman–Crippen MR) is 55.4 cm³/mol. The molecule has 0 spiro atoms. The fourth-order valence-electron chi connectivity index (χ4n) is 0.919. The second-order valence-electron chi connectivity index (χ2n) is 3.78. The van der Waals surface area contributed by atoms with Gasteiger partial charge in [0.15, 0.2) is 0 Å². The molecule has 0 aliphatic rings. The molecule has 74 valence electrons. The number of nitrogens with one attached hydrogen (secondary N) is 2. The molecule has 0 aromatic heterocycles. The third kappa shape index (κ3) is 6.62. The lowest BCUT2D eigenvalue weighted by Gasteiger charge is -2.15. The van der Waals surface area contributed by atoms with E-state index in [0.29, 0.717) is 0 Å². The van der Waals surface area contributed by atoms with Crippen LogP contribution in [0, 0.1) is 11.8 Å². The van der Waals surface area contributed by atoms with E-state index in [1.54, 1.807) is 0 Å². The van der Waals surface area contributed by atoms with Crippen LogP contribution >= 0.6 is 0 Å². The molecule has 0 bridgehead atoms. The zero-order valence-corrected chi connectivity index (χ0v) is 8.98. The smallest absolute Gasteiger partial charge is 0.00768 e. The maximum absolute atomic E-state index is 3.44. The Hall–Kier alpha value is -0.0800. The van der Waals surface area contributed by atoms with Crippen molar-refractivity contribution in [3.63, 3.8) is 0 Å². The summed E-state index contributed by atoms with van der Waals surface area (Å²) in [5.41, 5.74) is 0. The lowest BCUT2D eigenvalue weighted by atomic mass is 9.98. The molecule has 1 atom stereocenters. The highest BCUT2D eigenvalue weighted by Crippen LogP contribution is 2.06. The molecule has 0 aromatic carbocycles. The number of hydrogen-bond acceptors (Lipinski definition) is 2. The average Bonchev–Trinajstić information content (AvgIpc) is 2.03. The topological polar surface area (TPSA) is 24.1 Å². The van der Waals surface area contributed by atoms with Crippen molar-refractivity contribution in [2.45, 2.75) is 27.7 Å². The van der Waals surface area contributed by atoms with Crippen LogP contribution in [0.5, 0.6) is 0 Å². The van der Waals surface area contributed by atoms with E-state index in [1.807, 2.05) is 0 Å². The van der Waals surface area contributed by atoms with Crippen LogP contribution < -0.4 is 10.6 Å². The van der Waals surface area contributed by atoms with E-state index in [4.69, 9.17) is 0 Å². The normalized spacial score (nSPS) is 13.8. The van der Waals surface area contributed by atoms with Gasteiger partial charge < -0.3 is 10.6 Å². The molecule has 0 rings (SSSR count). The molecule has 0 heterocycles. The summed E-state index contributed by atoms with van der Waals surface area (Å²) in [6.45, 7) is 13.4. The molecular formula is C10H24N2. The van der Waals surface area contributed by atoms with E-state index < -0.39 is 0 Å². The van der Waals surface area contributed by atoms with Crippen LogP contribution in [0.15, 0.2) is 0 Å². The van der Waals surface area contributed by atoms with E-state index >= 15 is 0 Å². The first kappa shape index (κ1) is 11.9. The molecule has 0 aromatic rings. The third-order valence-corrected chi connectivity index (χ3v) is 2.33. The summed E-state index contributed by atoms with van der Waals surface area (Å²) in [6.07, 6.45) is 0. The Morgan fingerprint density at radius 1 is 1.00 bits per heavy atom. The van der Waals surface area contributed by atoms with Gasteiger partial charge in [-0.05, 0) is 24.9 Å². The SMILES string of the molecule is CCNCCNCC(C)C(C)C. The van der Waals surface area contributed by atoms with Crippen molar-refractivity contribution in [2.75, 3.05) is 26.2 Å². The van der Waals surface area contributed by atoms with Crippen LogP contribution in [-0.4, -0.2) is 26.2 Å². The molecule has 2 heteroatoms. The van der Waals surface area contributed by atoms with Gasteiger partial charge in [0.05, 0.1) is 0 Å². The molecule has 2 N–H and O–H groups in total. The zero-order chi connectivity index (χ0) is 9.40. The lowest BCUT2D eigenvalue weighted by Crippen LogP contribution is -2.31. The summed E-state index contributed by atoms with van der Waals surface area (Å²) in [5.74, 6) is 1.57. The third-order valence-electron chi connectivity index (χ3n) is 2.33. The minimum absolute atomic E-state index is 0.784. The highest BCUT2D eigenvalue weighted by Gasteiger charge is 2.04. The maximum Gasteiger partial charge on any atom is 0.00768 e. The van der Waals surface area contributed by atoms with Gasteiger partial charge in [-0.3, -0.25) is 0 Å².